The van der Waals surface area contributed by atoms with Crippen molar-refractivity contribution in [2.45, 2.75) is 13.0 Å². The lowest BCUT2D eigenvalue weighted by molar-refractivity contribution is 0.676. The lowest BCUT2D eigenvalue weighted by Crippen LogP contribution is -2.04. The number of pyridine rings is 1. The number of fused-ring (bicyclic) bond motifs is 1. The van der Waals surface area contributed by atoms with Crippen molar-refractivity contribution in [3.05, 3.63) is 78.9 Å². The summed E-state index contributed by atoms with van der Waals surface area (Å²) in [5.74, 6) is 0.674. The third-order valence-corrected chi connectivity index (χ3v) is 4.69. The van der Waals surface area contributed by atoms with Gasteiger partial charge in [-0.05, 0) is 12.1 Å². The molecule has 5 aromatic rings. The van der Waals surface area contributed by atoms with E-state index in [1.54, 1.807) is 0 Å². The molecule has 0 bridgehead atoms. The van der Waals surface area contributed by atoms with E-state index in [9.17, 15) is 0 Å². The number of hydrogen-bond donors (Lipinski definition) is 1. The summed E-state index contributed by atoms with van der Waals surface area (Å²) in [6, 6.07) is 22.4. The Morgan fingerprint density at radius 3 is 2.61 bits per heavy atom. The molecule has 0 aliphatic carbocycles. The number of aromatic nitrogens is 7. The van der Waals surface area contributed by atoms with Crippen LogP contribution in [-0.4, -0.2) is 35.2 Å². The van der Waals surface area contributed by atoms with Crippen molar-refractivity contribution in [2.24, 2.45) is 0 Å². The number of H-pyrrole nitrogens is 1. The molecule has 5 rings (SSSR count). The summed E-state index contributed by atoms with van der Waals surface area (Å²) in [5, 5.41) is 15.3. The van der Waals surface area contributed by atoms with E-state index in [2.05, 4.69) is 55.5 Å². The summed E-state index contributed by atoms with van der Waals surface area (Å²) in [5.41, 5.74) is 4.82. The molecule has 0 unspecified atom stereocenters. The minimum atomic E-state index is 0.654. The minimum absolute atomic E-state index is 0.654. The summed E-state index contributed by atoms with van der Waals surface area (Å²) in [6.45, 7) is 0.684. The maximum absolute atomic E-state index is 4.90. The lowest BCUT2D eigenvalue weighted by atomic mass is 10.1. The van der Waals surface area contributed by atoms with Crippen LogP contribution in [0.1, 0.15) is 5.82 Å². The van der Waals surface area contributed by atoms with Crippen molar-refractivity contribution in [1.29, 1.82) is 0 Å². The highest BCUT2D eigenvalue weighted by Gasteiger charge is 2.17. The zero-order valence-corrected chi connectivity index (χ0v) is 15.0. The van der Waals surface area contributed by atoms with Crippen LogP contribution in [0.15, 0.2) is 73.1 Å². The van der Waals surface area contributed by atoms with Crippen LogP contribution >= 0.6 is 0 Å². The molecule has 0 aliphatic heterocycles. The standard InChI is InChI=1S/C21H17N7/c1-2-7-16(8-3-1)20-21(18-11-10-15-6-4-5-9-17(15)23-18)28(14-22-20)13-12-19-24-26-27-25-19/h1-11,14H,12-13H2,(H,24,25,26,27). The number of imidazole rings is 1. The van der Waals surface area contributed by atoms with Gasteiger partial charge >= 0.3 is 0 Å². The van der Waals surface area contributed by atoms with E-state index >= 15 is 0 Å². The first-order valence-electron chi connectivity index (χ1n) is 9.07. The van der Waals surface area contributed by atoms with E-state index in [1.165, 1.54) is 0 Å². The third kappa shape index (κ3) is 3.03. The zero-order valence-electron chi connectivity index (χ0n) is 15.0. The maximum atomic E-state index is 4.90. The number of para-hydroxylation sites is 1. The molecule has 2 aromatic carbocycles. The molecule has 7 heteroatoms. The molecule has 0 saturated carbocycles. The van der Waals surface area contributed by atoms with Crippen LogP contribution in [0.4, 0.5) is 0 Å². The SMILES string of the molecule is c1ccc(-c2ncn(CCc3nn[nH]n3)c2-c2ccc3ccccc3n2)cc1. The Morgan fingerprint density at radius 1 is 0.893 bits per heavy atom. The van der Waals surface area contributed by atoms with Crippen LogP contribution in [0.25, 0.3) is 33.5 Å². The normalized spacial score (nSPS) is 11.1. The van der Waals surface area contributed by atoms with Crippen LogP contribution in [-0.2, 0) is 13.0 Å². The second-order valence-corrected chi connectivity index (χ2v) is 6.47. The predicted molar refractivity (Wildman–Crippen MR) is 106 cm³/mol. The summed E-state index contributed by atoms with van der Waals surface area (Å²) in [4.78, 5) is 9.60. The van der Waals surface area contributed by atoms with Crippen molar-refractivity contribution in [2.75, 3.05) is 0 Å². The fourth-order valence-corrected chi connectivity index (χ4v) is 3.33. The van der Waals surface area contributed by atoms with Gasteiger partial charge in [-0.3, -0.25) is 0 Å². The number of rotatable bonds is 5. The highest BCUT2D eigenvalue weighted by atomic mass is 15.5. The highest BCUT2D eigenvalue weighted by Crippen LogP contribution is 2.31. The van der Waals surface area contributed by atoms with Crippen LogP contribution in [0, 0.1) is 0 Å². The Morgan fingerprint density at radius 2 is 1.75 bits per heavy atom. The van der Waals surface area contributed by atoms with Crippen molar-refractivity contribution < 1.29 is 0 Å². The van der Waals surface area contributed by atoms with Gasteiger partial charge in [-0.15, -0.1) is 10.2 Å². The molecule has 0 atom stereocenters. The predicted octanol–water partition coefficient (Wildman–Crippen LogP) is 3.52. The van der Waals surface area contributed by atoms with Gasteiger partial charge < -0.3 is 4.57 Å². The van der Waals surface area contributed by atoms with Gasteiger partial charge in [-0.25, -0.2) is 9.97 Å². The first kappa shape index (κ1) is 16.3. The topological polar surface area (TPSA) is 85.2 Å². The smallest absolute Gasteiger partial charge is 0.176 e. The van der Waals surface area contributed by atoms with E-state index < -0.39 is 0 Å². The molecule has 0 amide bonds. The van der Waals surface area contributed by atoms with Crippen molar-refractivity contribution in [3.8, 4) is 22.6 Å². The number of nitrogens with zero attached hydrogens (tertiary/aromatic N) is 6. The van der Waals surface area contributed by atoms with Gasteiger partial charge in [0.1, 0.15) is 0 Å². The molecule has 136 valence electrons. The van der Waals surface area contributed by atoms with Crippen LogP contribution < -0.4 is 0 Å². The van der Waals surface area contributed by atoms with Gasteiger partial charge in [-0.1, -0.05) is 59.8 Å². The van der Waals surface area contributed by atoms with Crippen LogP contribution in [0.3, 0.4) is 0 Å². The van der Waals surface area contributed by atoms with Gasteiger partial charge in [0.2, 0.25) is 0 Å². The Balaban J connectivity index is 1.62. The molecule has 0 fully saturated rings. The van der Waals surface area contributed by atoms with E-state index in [1.807, 2.05) is 42.7 Å². The number of tetrazole rings is 1. The first-order valence-corrected chi connectivity index (χ1v) is 9.07. The van der Waals surface area contributed by atoms with Crippen molar-refractivity contribution in [3.63, 3.8) is 0 Å². The fraction of sp³-hybridized carbons (Fsp3) is 0.0952. The van der Waals surface area contributed by atoms with E-state index in [-0.39, 0.29) is 0 Å². The number of hydrogen-bond acceptors (Lipinski definition) is 5. The maximum Gasteiger partial charge on any atom is 0.176 e. The highest BCUT2D eigenvalue weighted by molar-refractivity contribution is 5.84. The van der Waals surface area contributed by atoms with E-state index in [4.69, 9.17) is 9.97 Å². The quantitative estimate of drug-likeness (QED) is 0.514. The third-order valence-electron chi connectivity index (χ3n) is 4.69. The van der Waals surface area contributed by atoms with Crippen molar-refractivity contribution >= 4 is 10.9 Å². The van der Waals surface area contributed by atoms with Crippen LogP contribution in [0.5, 0.6) is 0 Å². The van der Waals surface area contributed by atoms with Gasteiger partial charge in [0, 0.05) is 23.9 Å². The molecule has 28 heavy (non-hydrogen) atoms. The lowest BCUT2D eigenvalue weighted by Gasteiger charge is -2.10. The average Bonchev–Trinajstić information content (AvgIpc) is 3.42. The first-order chi connectivity index (χ1) is 13.9. The molecule has 0 saturated heterocycles. The Labute approximate surface area is 161 Å². The molecule has 0 spiro atoms. The fourth-order valence-electron chi connectivity index (χ4n) is 3.33. The zero-order chi connectivity index (χ0) is 18.8. The number of aromatic amines is 1. The second kappa shape index (κ2) is 7.03. The minimum Gasteiger partial charge on any atom is -0.328 e. The summed E-state index contributed by atoms with van der Waals surface area (Å²) in [6.07, 6.45) is 2.51. The molecule has 7 nitrogen and oxygen atoms in total. The van der Waals surface area contributed by atoms with E-state index in [0.29, 0.717) is 18.8 Å². The average molecular weight is 367 g/mol. The van der Waals surface area contributed by atoms with Gasteiger partial charge in [0.15, 0.2) is 5.82 Å². The molecular formula is C21H17N7. The largest absolute Gasteiger partial charge is 0.328 e. The summed E-state index contributed by atoms with van der Waals surface area (Å²) in [7, 11) is 0. The summed E-state index contributed by atoms with van der Waals surface area (Å²) < 4.78 is 2.11. The Hall–Kier alpha value is -3.87. The molecule has 3 aromatic heterocycles. The van der Waals surface area contributed by atoms with Crippen molar-refractivity contribution in [1.82, 2.24) is 35.2 Å². The molecule has 0 radical (unpaired) electrons. The molecular weight excluding hydrogens is 350 g/mol. The number of aryl methyl sites for hydroxylation is 2. The number of nitrogens with one attached hydrogen (secondary N) is 1. The summed E-state index contributed by atoms with van der Waals surface area (Å²) >= 11 is 0. The second-order valence-electron chi connectivity index (χ2n) is 6.47. The number of benzene rings is 2. The van der Waals surface area contributed by atoms with Crippen LogP contribution in [0.2, 0.25) is 0 Å². The van der Waals surface area contributed by atoms with E-state index in [0.717, 1.165) is 33.5 Å². The molecule has 3 heterocycles. The molecule has 1 N–H and O–H groups in total. The van der Waals surface area contributed by atoms with Gasteiger partial charge in [-0.2, -0.15) is 5.21 Å². The Bertz CT molecular complexity index is 1210. The van der Waals surface area contributed by atoms with Gasteiger partial charge in [0.05, 0.1) is 28.9 Å². The van der Waals surface area contributed by atoms with Gasteiger partial charge in [0.25, 0.3) is 0 Å². The molecule has 0 aliphatic rings. The monoisotopic (exact) mass is 367 g/mol. The Kier molecular flexibility index (Phi) is 4.10.